The highest BCUT2D eigenvalue weighted by molar-refractivity contribution is 6.05. The van der Waals surface area contributed by atoms with Gasteiger partial charge in [-0.05, 0) is 30.2 Å². The second-order valence-electron chi connectivity index (χ2n) is 8.36. The first kappa shape index (κ1) is 26.4. The summed E-state index contributed by atoms with van der Waals surface area (Å²) in [4.78, 5) is 50.1. The molecule has 0 bridgehead atoms. The standard InChI is InChI=1S/C26H31N5O5/c1-4-5-8-15-31-26(35)21-10-7-6-9-20(21)24(30-31)25(34)29-28-23(33)16-22(27-17(2)32)18-11-13-19(36-3)14-12-18/h6-7,9-14,22H,4-5,8,15-16H2,1-3H3,(H,27,32)(H,28,33)(H,29,34). The lowest BCUT2D eigenvalue weighted by Crippen LogP contribution is -2.44. The molecular weight excluding hydrogens is 462 g/mol. The van der Waals surface area contributed by atoms with Gasteiger partial charge in [0, 0.05) is 18.9 Å². The molecule has 36 heavy (non-hydrogen) atoms. The molecular formula is C26H31N5O5. The van der Waals surface area contributed by atoms with Crippen LogP contribution in [-0.2, 0) is 16.1 Å². The number of unbranched alkanes of at least 4 members (excludes halogenated alkanes) is 2. The number of hydrogen-bond donors (Lipinski definition) is 3. The van der Waals surface area contributed by atoms with Crippen LogP contribution in [0, 0.1) is 0 Å². The van der Waals surface area contributed by atoms with Gasteiger partial charge in [-0.1, -0.05) is 50.1 Å². The molecule has 1 aromatic heterocycles. The van der Waals surface area contributed by atoms with Crippen molar-refractivity contribution in [1.82, 2.24) is 25.9 Å². The average Bonchev–Trinajstić information content (AvgIpc) is 2.88. The van der Waals surface area contributed by atoms with Crippen LogP contribution >= 0.6 is 0 Å². The first-order valence-electron chi connectivity index (χ1n) is 11.8. The van der Waals surface area contributed by atoms with E-state index in [9.17, 15) is 19.2 Å². The fourth-order valence-electron chi connectivity index (χ4n) is 3.82. The van der Waals surface area contributed by atoms with Gasteiger partial charge in [0.05, 0.1) is 25.0 Å². The van der Waals surface area contributed by atoms with Gasteiger partial charge in [-0.2, -0.15) is 5.10 Å². The van der Waals surface area contributed by atoms with Gasteiger partial charge in [-0.3, -0.25) is 30.0 Å². The number of rotatable bonds is 10. The molecule has 10 heteroatoms. The van der Waals surface area contributed by atoms with Crippen LogP contribution in [0.2, 0.25) is 0 Å². The number of hydrazine groups is 1. The average molecular weight is 494 g/mol. The Kier molecular flexibility index (Phi) is 9.15. The Labute approximate surface area is 209 Å². The number of carbonyl (C=O) groups excluding carboxylic acids is 3. The Hall–Kier alpha value is -4.21. The number of nitrogens with zero attached hydrogens (tertiary/aromatic N) is 2. The third kappa shape index (κ3) is 6.68. The number of carbonyl (C=O) groups is 3. The summed E-state index contributed by atoms with van der Waals surface area (Å²) in [5.74, 6) is -0.816. The molecule has 10 nitrogen and oxygen atoms in total. The Morgan fingerprint density at radius 1 is 1.00 bits per heavy atom. The summed E-state index contributed by atoms with van der Waals surface area (Å²) in [5, 5.41) is 7.81. The van der Waals surface area contributed by atoms with Crippen LogP contribution in [-0.4, -0.2) is 34.6 Å². The zero-order valence-electron chi connectivity index (χ0n) is 20.7. The van der Waals surface area contributed by atoms with Gasteiger partial charge in [0.1, 0.15) is 5.75 Å². The first-order chi connectivity index (χ1) is 17.3. The summed E-state index contributed by atoms with van der Waals surface area (Å²) in [6.45, 7) is 3.82. The normalized spacial score (nSPS) is 11.5. The topological polar surface area (TPSA) is 131 Å². The number of hydrogen-bond acceptors (Lipinski definition) is 6. The van der Waals surface area contributed by atoms with Crippen molar-refractivity contribution in [2.75, 3.05) is 7.11 Å². The number of ether oxygens (including phenoxy) is 1. The molecule has 3 N–H and O–H groups in total. The van der Waals surface area contributed by atoms with Gasteiger partial charge in [0.15, 0.2) is 5.69 Å². The molecule has 3 amide bonds. The van der Waals surface area contributed by atoms with Gasteiger partial charge in [-0.25, -0.2) is 4.68 Å². The zero-order valence-corrected chi connectivity index (χ0v) is 20.7. The van der Waals surface area contributed by atoms with E-state index in [-0.39, 0.29) is 23.6 Å². The third-order valence-corrected chi connectivity index (χ3v) is 5.66. The zero-order chi connectivity index (χ0) is 26.1. The Bertz CT molecular complexity index is 1290. The summed E-state index contributed by atoms with van der Waals surface area (Å²) in [6.07, 6.45) is 2.56. The second kappa shape index (κ2) is 12.5. The van der Waals surface area contributed by atoms with Crippen LogP contribution in [0.1, 0.15) is 61.6 Å². The van der Waals surface area contributed by atoms with Gasteiger partial charge >= 0.3 is 0 Å². The first-order valence-corrected chi connectivity index (χ1v) is 11.8. The number of nitrogens with one attached hydrogen (secondary N) is 3. The third-order valence-electron chi connectivity index (χ3n) is 5.66. The minimum absolute atomic E-state index is 0.0376. The lowest BCUT2D eigenvalue weighted by Gasteiger charge is -2.18. The summed E-state index contributed by atoms with van der Waals surface area (Å²) in [7, 11) is 1.55. The number of aryl methyl sites for hydroxylation is 1. The quantitative estimate of drug-likeness (QED) is 0.294. The molecule has 0 saturated carbocycles. The van der Waals surface area contributed by atoms with Crippen molar-refractivity contribution in [2.24, 2.45) is 0 Å². The van der Waals surface area contributed by atoms with Crippen molar-refractivity contribution in [3.05, 3.63) is 70.1 Å². The Morgan fingerprint density at radius 3 is 2.33 bits per heavy atom. The second-order valence-corrected chi connectivity index (χ2v) is 8.36. The highest BCUT2D eigenvalue weighted by Crippen LogP contribution is 2.20. The van der Waals surface area contributed by atoms with Crippen LogP contribution < -0.4 is 26.5 Å². The van der Waals surface area contributed by atoms with Crippen molar-refractivity contribution in [2.45, 2.75) is 52.1 Å². The fourth-order valence-corrected chi connectivity index (χ4v) is 3.82. The molecule has 1 heterocycles. The van der Waals surface area contributed by atoms with Crippen molar-refractivity contribution in [3.8, 4) is 5.75 Å². The van der Waals surface area contributed by atoms with Crippen LogP contribution in [0.25, 0.3) is 10.8 Å². The number of aromatic nitrogens is 2. The molecule has 2 aromatic carbocycles. The smallest absolute Gasteiger partial charge is 0.290 e. The van der Waals surface area contributed by atoms with Crippen molar-refractivity contribution in [1.29, 1.82) is 0 Å². The molecule has 0 spiro atoms. The SMILES string of the molecule is CCCCCn1nc(C(=O)NNC(=O)CC(NC(C)=O)c2ccc(OC)cc2)c2ccccc2c1=O. The number of fused-ring (bicyclic) bond motifs is 1. The van der Waals surface area contributed by atoms with Crippen molar-refractivity contribution in [3.63, 3.8) is 0 Å². The van der Waals surface area contributed by atoms with E-state index < -0.39 is 17.9 Å². The lowest BCUT2D eigenvalue weighted by molar-refractivity contribution is -0.123. The maximum Gasteiger partial charge on any atom is 0.290 e. The predicted molar refractivity (Wildman–Crippen MR) is 135 cm³/mol. The molecule has 1 unspecified atom stereocenters. The van der Waals surface area contributed by atoms with Crippen LogP contribution in [0.15, 0.2) is 53.3 Å². The number of benzene rings is 2. The van der Waals surface area contributed by atoms with E-state index in [0.717, 1.165) is 19.3 Å². The van der Waals surface area contributed by atoms with Gasteiger partial charge in [0.25, 0.3) is 11.5 Å². The van der Waals surface area contributed by atoms with Crippen molar-refractivity contribution >= 4 is 28.5 Å². The Balaban J connectivity index is 1.74. The van der Waals surface area contributed by atoms with E-state index >= 15 is 0 Å². The van der Waals surface area contributed by atoms with Crippen molar-refractivity contribution < 1.29 is 19.1 Å². The molecule has 1 atom stereocenters. The molecule has 0 aliphatic heterocycles. The van der Waals surface area contributed by atoms with Crippen LogP contribution in [0.3, 0.4) is 0 Å². The van der Waals surface area contributed by atoms with E-state index in [4.69, 9.17) is 4.74 Å². The number of methoxy groups -OCH3 is 1. The highest BCUT2D eigenvalue weighted by atomic mass is 16.5. The predicted octanol–water partition coefficient (Wildman–Crippen LogP) is 2.62. The molecule has 0 aliphatic carbocycles. The lowest BCUT2D eigenvalue weighted by atomic mass is 10.0. The summed E-state index contributed by atoms with van der Waals surface area (Å²) in [5.41, 5.74) is 5.25. The van der Waals surface area contributed by atoms with Gasteiger partial charge in [0.2, 0.25) is 11.8 Å². The summed E-state index contributed by atoms with van der Waals surface area (Å²) >= 11 is 0. The maximum absolute atomic E-state index is 13.0. The molecule has 0 aliphatic rings. The molecule has 0 radical (unpaired) electrons. The highest BCUT2D eigenvalue weighted by Gasteiger charge is 2.20. The van der Waals surface area contributed by atoms with E-state index in [0.29, 0.717) is 28.6 Å². The number of amides is 3. The summed E-state index contributed by atoms with van der Waals surface area (Å²) in [6, 6.07) is 13.1. The van der Waals surface area contributed by atoms with Crippen LogP contribution in [0.5, 0.6) is 5.75 Å². The van der Waals surface area contributed by atoms with E-state index in [1.54, 1.807) is 55.6 Å². The van der Waals surface area contributed by atoms with E-state index in [1.807, 2.05) is 0 Å². The van der Waals surface area contributed by atoms with E-state index in [2.05, 4.69) is 28.2 Å². The van der Waals surface area contributed by atoms with Crippen LogP contribution in [0.4, 0.5) is 0 Å². The van der Waals surface area contributed by atoms with E-state index in [1.165, 1.54) is 11.6 Å². The fraction of sp³-hybridized carbons (Fsp3) is 0.346. The maximum atomic E-state index is 13.0. The molecule has 0 saturated heterocycles. The molecule has 3 aromatic rings. The minimum Gasteiger partial charge on any atom is -0.497 e. The monoisotopic (exact) mass is 493 g/mol. The Morgan fingerprint density at radius 2 is 1.69 bits per heavy atom. The molecule has 0 fully saturated rings. The van der Waals surface area contributed by atoms with Gasteiger partial charge < -0.3 is 10.1 Å². The summed E-state index contributed by atoms with van der Waals surface area (Å²) < 4.78 is 6.45. The minimum atomic E-state index is -0.649. The molecule has 3 rings (SSSR count). The molecule has 190 valence electrons. The largest absolute Gasteiger partial charge is 0.497 e. The van der Waals surface area contributed by atoms with Gasteiger partial charge in [-0.15, -0.1) is 0 Å².